The van der Waals surface area contributed by atoms with Gasteiger partial charge in [0.2, 0.25) is 5.95 Å². The second kappa shape index (κ2) is 8.35. The number of aromatic nitrogens is 4. The molecule has 2 rings (SSSR count). The maximum absolute atomic E-state index is 11.5. The van der Waals surface area contributed by atoms with Crippen molar-refractivity contribution in [2.24, 2.45) is 5.92 Å². The molecule has 2 heterocycles. The van der Waals surface area contributed by atoms with Gasteiger partial charge in [0.1, 0.15) is 6.29 Å². The van der Waals surface area contributed by atoms with E-state index in [1.54, 1.807) is 4.57 Å². The van der Waals surface area contributed by atoms with Crippen LogP contribution >= 0.6 is 0 Å². The number of rotatable bonds is 3. The fourth-order valence-corrected chi connectivity index (χ4v) is 1.50. The number of hydrogen-bond acceptors (Lipinski definition) is 7. The lowest BCUT2D eigenvalue weighted by Crippen LogP contribution is -2.14. The minimum Gasteiger partial charge on any atom is -0.396 e. The summed E-state index contributed by atoms with van der Waals surface area (Å²) in [5, 5.41) is 24.2. The standard InChI is InChI=1S/C9H13N5O2.C2H6O2.CH4/c1-5(3-15)2-14-4-11-6-7(14)12-9(10)13-8(6)16;1-2(3)4;/h4-5,15H,2-3H2,1H3,(H3,10,12,13,16);2-4H,1H3;1H4/t5-;;/m1../s1. The number of nitrogens with two attached hydrogens (primary N) is 1. The molecule has 0 bridgehead atoms. The van der Waals surface area contributed by atoms with Crippen LogP contribution in [0.1, 0.15) is 21.3 Å². The summed E-state index contributed by atoms with van der Waals surface area (Å²) in [6.45, 7) is 3.78. The lowest BCUT2D eigenvalue weighted by Gasteiger charge is -2.08. The van der Waals surface area contributed by atoms with E-state index in [1.165, 1.54) is 13.3 Å². The summed E-state index contributed by atoms with van der Waals surface area (Å²) >= 11 is 0. The Hall–Kier alpha value is -1.97. The first-order valence-corrected chi connectivity index (χ1v) is 6.02. The zero-order chi connectivity index (χ0) is 15.3. The van der Waals surface area contributed by atoms with E-state index in [2.05, 4.69) is 15.0 Å². The largest absolute Gasteiger partial charge is 0.396 e. The van der Waals surface area contributed by atoms with Crippen LogP contribution in [0.15, 0.2) is 11.1 Å². The number of aliphatic hydroxyl groups is 3. The predicted molar refractivity (Wildman–Crippen MR) is 79.4 cm³/mol. The molecule has 0 aliphatic carbocycles. The summed E-state index contributed by atoms with van der Waals surface area (Å²) in [4.78, 5) is 21.8. The molecule has 0 aliphatic heterocycles. The zero-order valence-corrected chi connectivity index (χ0v) is 11.3. The van der Waals surface area contributed by atoms with Crippen LogP contribution < -0.4 is 11.3 Å². The molecule has 0 fully saturated rings. The zero-order valence-electron chi connectivity index (χ0n) is 11.3. The molecule has 0 aliphatic rings. The van der Waals surface area contributed by atoms with Crippen molar-refractivity contribution in [3.05, 3.63) is 16.7 Å². The highest BCUT2D eigenvalue weighted by molar-refractivity contribution is 5.70. The lowest BCUT2D eigenvalue weighted by atomic mass is 10.2. The SMILES string of the molecule is C.CC(O)O.C[C@@H](CO)Cn1cnc2c(=O)[nH]c(N)nc21. The van der Waals surface area contributed by atoms with Gasteiger partial charge in [-0.2, -0.15) is 4.98 Å². The van der Waals surface area contributed by atoms with Gasteiger partial charge in [-0.1, -0.05) is 14.4 Å². The molecule has 0 saturated carbocycles. The van der Waals surface area contributed by atoms with Crippen LogP contribution in [0.4, 0.5) is 5.95 Å². The maximum Gasteiger partial charge on any atom is 0.280 e. The highest BCUT2D eigenvalue weighted by Crippen LogP contribution is 2.09. The van der Waals surface area contributed by atoms with Gasteiger partial charge < -0.3 is 25.6 Å². The van der Waals surface area contributed by atoms with Crippen LogP contribution in [0.5, 0.6) is 0 Å². The van der Waals surface area contributed by atoms with Crippen LogP contribution in [0.3, 0.4) is 0 Å². The maximum atomic E-state index is 11.5. The number of aliphatic hydroxyl groups excluding tert-OH is 2. The van der Waals surface area contributed by atoms with Gasteiger partial charge in [-0.15, -0.1) is 0 Å². The molecule has 9 nitrogen and oxygen atoms in total. The van der Waals surface area contributed by atoms with Gasteiger partial charge in [-0.25, -0.2) is 4.98 Å². The normalized spacial score (nSPS) is 11.7. The van der Waals surface area contributed by atoms with E-state index in [0.29, 0.717) is 12.2 Å². The van der Waals surface area contributed by atoms with Gasteiger partial charge in [-0.3, -0.25) is 9.78 Å². The minimum absolute atomic E-state index is 0. The number of imidazole rings is 1. The van der Waals surface area contributed by atoms with Gasteiger partial charge >= 0.3 is 0 Å². The van der Waals surface area contributed by atoms with Crippen molar-refractivity contribution in [3.8, 4) is 0 Å². The van der Waals surface area contributed by atoms with E-state index in [9.17, 15) is 4.79 Å². The summed E-state index contributed by atoms with van der Waals surface area (Å²) in [6.07, 6.45) is 0.360. The van der Waals surface area contributed by atoms with Gasteiger partial charge in [-0.05, 0) is 12.8 Å². The first-order valence-electron chi connectivity index (χ1n) is 6.02. The van der Waals surface area contributed by atoms with Crippen LogP contribution in [-0.2, 0) is 6.54 Å². The predicted octanol–water partition coefficient (Wildman–Crippen LogP) is -0.717. The Morgan fingerprint density at radius 3 is 2.52 bits per heavy atom. The molecule has 0 aromatic carbocycles. The highest BCUT2D eigenvalue weighted by Gasteiger charge is 2.10. The van der Waals surface area contributed by atoms with E-state index >= 15 is 0 Å². The number of fused-ring (bicyclic) bond motifs is 1. The van der Waals surface area contributed by atoms with Crippen molar-refractivity contribution in [2.75, 3.05) is 12.3 Å². The summed E-state index contributed by atoms with van der Waals surface area (Å²) in [5.74, 6) is 0.135. The summed E-state index contributed by atoms with van der Waals surface area (Å²) in [6, 6.07) is 0. The molecule has 9 heteroatoms. The van der Waals surface area contributed by atoms with Crippen molar-refractivity contribution >= 4 is 17.1 Å². The lowest BCUT2D eigenvalue weighted by molar-refractivity contribution is -0.0228. The highest BCUT2D eigenvalue weighted by atomic mass is 16.5. The summed E-state index contributed by atoms with van der Waals surface area (Å²) in [5.41, 5.74) is 5.82. The van der Waals surface area contributed by atoms with Crippen molar-refractivity contribution in [1.29, 1.82) is 0 Å². The minimum atomic E-state index is -1.17. The van der Waals surface area contributed by atoms with Crippen molar-refractivity contribution in [1.82, 2.24) is 19.5 Å². The van der Waals surface area contributed by atoms with Gasteiger partial charge in [0.25, 0.3) is 5.56 Å². The number of H-pyrrole nitrogens is 1. The molecule has 2 aromatic heterocycles. The van der Waals surface area contributed by atoms with E-state index < -0.39 is 6.29 Å². The van der Waals surface area contributed by atoms with E-state index in [0.717, 1.165) is 0 Å². The first-order chi connectivity index (χ1) is 9.35. The molecule has 0 radical (unpaired) electrons. The molecule has 21 heavy (non-hydrogen) atoms. The van der Waals surface area contributed by atoms with Gasteiger partial charge in [0.15, 0.2) is 11.2 Å². The molecule has 0 unspecified atom stereocenters. The Labute approximate surface area is 122 Å². The first kappa shape index (κ1) is 19.0. The molecule has 0 saturated heterocycles. The number of aromatic amines is 1. The molecule has 1 atom stereocenters. The smallest absolute Gasteiger partial charge is 0.280 e. The van der Waals surface area contributed by atoms with Gasteiger partial charge in [0, 0.05) is 13.2 Å². The Morgan fingerprint density at radius 2 is 2.00 bits per heavy atom. The Bertz CT molecular complexity index is 604. The van der Waals surface area contributed by atoms with Gasteiger partial charge in [0.05, 0.1) is 6.33 Å². The quantitative estimate of drug-likeness (QED) is 0.469. The molecular weight excluding hydrogens is 278 g/mol. The number of anilines is 1. The number of nitrogens with one attached hydrogen (secondary N) is 1. The molecule has 120 valence electrons. The average Bonchev–Trinajstić information content (AvgIpc) is 2.72. The van der Waals surface area contributed by atoms with Crippen LogP contribution in [-0.4, -0.2) is 47.7 Å². The third kappa shape index (κ3) is 5.50. The second-order valence-electron chi connectivity index (χ2n) is 4.44. The molecule has 0 spiro atoms. The van der Waals surface area contributed by atoms with Crippen LogP contribution in [0, 0.1) is 5.92 Å². The third-order valence-corrected chi connectivity index (χ3v) is 2.31. The van der Waals surface area contributed by atoms with E-state index in [4.69, 9.17) is 21.1 Å². The molecule has 6 N–H and O–H groups in total. The second-order valence-corrected chi connectivity index (χ2v) is 4.44. The van der Waals surface area contributed by atoms with Crippen molar-refractivity contribution in [2.45, 2.75) is 34.1 Å². The molecule has 0 amide bonds. The fraction of sp³-hybridized carbons (Fsp3) is 0.583. The Balaban J connectivity index is 0.000000715. The van der Waals surface area contributed by atoms with E-state index in [1.807, 2.05) is 6.92 Å². The average molecular weight is 301 g/mol. The summed E-state index contributed by atoms with van der Waals surface area (Å²) < 4.78 is 1.71. The van der Waals surface area contributed by atoms with Crippen molar-refractivity contribution in [3.63, 3.8) is 0 Å². The monoisotopic (exact) mass is 301 g/mol. The number of hydrogen-bond donors (Lipinski definition) is 5. The third-order valence-electron chi connectivity index (χ3n) is 2.31. The van der Waals surface area contributed by atoms with Crippen LogP contribution in [0.25, 0.3) is 11.2 Å². The topological polar surface area (TPSA) is 150 Å². The Kier molecular flexibility index (Phi) is 7.56. The summed E-state index contributed by atoms with van der Waals surface area (Å²) in [7, 11) is 0. The number of nitrogen functional groups attached to an aromatic ring is 1. The Morgan fingerprint density at radius 1 is 1.43 bits per heavy atom. The fourth-order valence-electron chi connectivity index (χ4n) is 1.50. The van der Waals surface area contributed by atoms with Crippen LogP contribution in [0.2, 0.25) is 0 Å². The van der Waals surface area contributed by atoms with Crippen molar-refractivity contribution < 1.29 is 15.3 Å². The molecule has 2 aromatic rings. The molecular formula is C12H23N5O4. The van der Waals surface area contributed by atoms with E-state index in [-0.39, 0.29) is 37.0 Å². The number of nitrogens with zero attached hydrogens (tertiary/aromatic N) is 3.